The Balaban J connectivity index is 2.80. The van der Waals surface area contributed by atoms with Gasteiger partial charge in [-0.3, -0.25) is 14.9 Å². The number of piperidine rings is 1. The summed E-state index contributed by atoms with van der Waals surface area (Å²) in [4.78, 5) is 35.9. The van der Waals surface area contributed by atoms with E-state index in [2.05, 4.69) is 4.74 Å². The predicted molar refractivity (Wildman–Crippen MR) is 78.0 cm³/mol. The third-order valence-corrected chi connectivity index (χ3v) is 3.62. The lowest BCUT2D eigenvalue weighted by molar-refractivity contribution is -0.575. The molecule has 0 aliphatic carbocycles. The third-order valence-electron chi connectivity index (χ3n) is 3.62. The Morgan fingerprint density at radius 2 is 2.00 bits per heavy atom. The Morgan fingerprint density at radius 1 is 1.36 bits per heavy atom. The number of hydrogen-bond acceptors (Lipinski definition) is 6. The van der Waals surface area contributed by atoms with Gasteiger partial charge >= 0.3 is 12.1 Å². The summed E-state index contributed by atoms with van der Waals surface area (Å²) in [6, 6.07) is 0. The fourth-order valence-electron chi connectivity index (χ4n) is 2.48. The number of amides is 1. The number of carbonyl (C=O) groups excluding carboxylic acids is 2. The number of likely N-dealkylation sites (tertiary alicyclic amines) is 1. The lowest BCUT2D eigenvalue weighted by Gasteiger charge is -2.37. The van der Waals surface area contributed by atoms with Crippen LogP contribution in [-0.4, -0.2) is 53.2 Å². The van der Waals surface area contributed by atoms with Crippen LogP contribution in [0, 0.1) is 10.1 Å². The van der Waals surface area contributed by atoms with E-state index in [-0.39, 0.29) is 24.3 Å². The van der Waals surface area contributed by atoms with Crippen molar-refractivity contribution in [1.29, 1.82) is 0 Å². The van der Waals surface area contributed by atoms with Crippen LogP contribution < -0.4 is 0 Å². The molecule has 1 rings (SSSR count). The van der Waals surface area contributed by atoms with Crippen molar-refractivity contribution in [3.8, 4) is 0 Å². The van der Waals surface area contributed by atoms with Crippen molar-refractivity contribution in [1.82, 2.24) is 4.90 Å². The molecule has 0 radical (unpaired) electrons. The standard InChI is InChI=1S/C14H24N2O6/c1-13(2,3)22-12(18)15-9-5-7-14(10-15,16(19)20)8-6-11(17)21-4/h5-10H2,1-4H3. The van der Waals surface area contributed by atoms with Gasteiger partial charge in [-0.2, -0.15) is 0 Å². The van der Waals surface area contributed by atoms with Crippen LogP contribution in [0.25, 0.3) is 0 Å². The molecule has 0 spiro atoms. The second-order valence-electron chi connectivity index (χ2n) is 6.56. The average molecular weight is 316 g/mol. The van der Waals surface area contributed by atoms with Gasteiger partial charge in [0, 0.05) is 24.3 Å². The van der Waals surface area contributed by atoms with Crippen molar-refractivity contribution in [3.63, 3.8) is 0 Å². The van der Waals surface area contributed by atoms with Crippen molar-refractivity contribution < 1.29 is 24.0 Å². The fraction of sp³-hybridized carbons (Fsp3) is 0.857. The van der Waals surface area contributed by atoms with Gasteiger partial charge in [0.25, 0.3) is 0 Å². The zero-order valence-corrected chi connectivity index (χ0v) is 13.6. The number of nitrogens with zero attached hydrogens (tertiary/aromatic N) is 2. The Hall–Kier alpha value is -1.86. The van der Waals surface area contributed by atoms with Crippen LogP contribution >= 0.6 is 0 Å². The number of carbonyl (C=O) groups is 2. The van der Waals surface area contributed by atoms with Crippen molar-refractivity contribution in [2.75, 3.05) is 20.2 Å². The molecule has 1 saturated heterocycles. The molecular weight excluding hydrogens is 292 g/mol. The van der Waals surface area contributed by atoms with Crippen molar-refractivity contribution in [2.24, 2.45) is 0 Å². The van der Waals surface area contributed by atoms with E-state index < -0.39 is 23.2 Å². The molecule has 1 fully saturated rings. The van der Waals surface area contributed by atoms with Gasteiger partial charge in [-0.05, 0) is 27.2 Å². The maximum absolute atomic E-state index is 12.1. The summed E-state index contributed by atoms with van der Waals surface area (Å²) in [6.45, 7) is 5.60. The van der Waals surface area contributed by atoms with Crippen LogP contribution in [0.4, 0.5) is 4.79 Å². The average Bonchev–Trinajstić information content (AvgIpc) is 2.43. The Kier molecular flexibility index (Phi) is 5.73. The quantitative estimate of drug-likeness (QED) is 0.447. The fourth-order valence-corrected chi connectivity index (χ4v) is 2.48. The van der Waals surface area contributed by atoms with Gasteiger partial charge in [-0.15, -0.1) is 0 Å². The van der Waals surface area contributed by atoms with Crippen molar-refractivity contribution in [2.45, 2.75) is 57.6 Å². The molecule has 1 heterocycles. The van der Waals surface area contributed by atoms with Crippen LogP contribution in [0.2, 0.25) is 0 Å². The van der Waals surface area contributed by atoms with E-state index in [1.165, 1.54) is 12.0 Å². The topological polar surface area (TPSA) is 99.0 Å². The maximum atomic E-state index is 12.1. The third kappa shape index (κ3) is 4.85. The smallest absolute Gasteiger partial charge is 0.410 e. The monoisotopic (exact) mass is 316 g/mol. The normalized spacial score (nSPS) is 22.1. The molecule has 126 valence electrons. The van der Waals surface area contributed by atoms with Crippen LogP contribution in [0.3, 0.4) is 0 Å². The number of ether oxygens (including phenoxy) is 2. The first-order valence-electron chi connectivity index (χ1n) is 7.29. The predicted octanol–water partition coefficient (Wildman–Crippen LogP) is 1.99. The highest BCUT2D eigenvalue weighted by molar-refractivity contribution is 5.69. The van der Waals surface area contributed by atoms with Crippen molar-refractivity contribution >= 4 is 12.1 Å². The first kappa shape index (κ1) is 18.2. The molecule has 22 heavy (non-hydrogen) atoms. The molecule has 0 aromatic carbocycles. The molecule has 1 aliphatic heterocycles. The van der Waals surface area contributed by atoms with Gasteiger partial charge in [0.05, 0.1) is 20.1 Å². The molecule has 0 N–H and O–H groups in total. The SMILES string of the molecule is COC(=O)CCC1([N+](=O)[O-])CCCN(C(=O)OC(C)(C)C)C1. The largest absolute Gasteiger partial charge is 0.469 e. The van der Waals surface area contributed by atoms with E-state index in [1.54, 1.807) is 20.8 Å². The summed E-state index contributed by atoms with van der Waals surface area (Å²) < 4.78 is 9.81. The molecule has 0 aromatic heterocycles. The minimum absolute atomic E-state index is 0.0420. The van der Waals surface area contributed by atoms with Gasteiger partial charge in [0.1, 0.15) is 5.60 Å². The van der Waals surface area contributed by atoms with E-state index in [0.717, 1.165) is 0 Å². The van der Waals surface area contributed by atoms with Gasteiger partial charge in [-0.1, -0.05) is 0 Å². The summed E-state index contributed by atoms with van der Waals surface area (Å²) in [7, 11) is 1.25. The first-order valence-corrected chi connectivity index (χ1v) is 7.29. The molecule has 1 atom stereocenters. The minimum atomic E-state index is -1.32. The lowest BCUT2D eigenvalue weighted by Crippen LogP contribution is -2.55. The highest BCUT2D eigenvalue weighted by atomic mass is 16.6. The highest BCUT2D eigenvalue weighted by Crippen LogP contribution is 2.30. The zero-order valence-electron chi connectivity index (χ0n) is 13.6. The maximum Gasteiger partial charge on any atom is 0.410 e. The summed E-state index contributed by atoms with van der Waals surface area (Å²) in [5.74, 6) is -0.490. The van der Waals surface area contributed by atoms with E-state index in [4.69, 9.17) is 4.74 Å². The van der Waals surface area contributed by atoms with Gasteiger partial charge in [-0.25, -0.2) is 4.79 Å². The number of esters is 1. The van der Waals surface area contributed by atoms with E-state index in [0.29, 0.717) is 19.4 Å². The second kappa shape index (κ2) is 6.93. The molecule has 1 amide bonds. The van der Waals surface area contributed by atoms with Gasteiger partial charge in [0.15, 0.2) is 0 Å². The summed E-state index contributed by atoms with van der Waals surface area (Å²) in [6.07, 6.45) is 0.278. The Morgan fingerprint density at radius 3 is 2.50 bits per heavy atom. The number of rotatable bonds is 4. The Bertz CT molecular complexity index is 445. The minimum Gasteiger partial charge on any atom is -0.469 e. The molecule has 0 saturated carbocycles. The van der Waals surface area contributed by atoms with E-state index in [9.17, 15) is 19.7 Å². The molecule has 0 aromatic rings. The van der Waals surface area contributed by atoms with E-state index >= 15 is 0 Å². The molecule has 1 aliphatic rings. The van der Waals surface area contributed by atoms with Crippen LogP contribution in [0.1, 0.15) is 46.5 Å². The molecule has 8 nitrogen and oxygen atoms in total. The zero-order chi connectivity index (χ0) is 17.0. The van der Waals surface area contributed by atoms with Gasteiger partial charge in [0.2, 0.25) is 5.54 Å². The molecule has 0 bridgehead atoms. The number of methoxy groups -OCH3 is 1. The number of nitro groups is 1. The highest BCUT2D eigenvalue weighted by Gasteiger charge is 2.48. The molecule has 1 unspecified atom stereocenters. The van der Waals surface area contributed by atoms with Crippen molar-refractivity contribution in [3.05, 3.63) is 10.1 Å². The summed E-state index contributed by atoms with van der Waals surface area (Å²) >= 11 is 0. The summed E-state index contributed by atoms with van der Waals surface area (Å²) in [5.41, 5.74) is -1.97. The van der Waals surface area contributed by atoms with E-state index in [1.807, 2.05) is 0 Å². The first-order chi connectivity index (χ1) is 10.1. The van der Waals surface area contributed by atoms with Crippen LogP contribution in [0.5, 0.6) is 0 Å². The molecular formula is C14H24N2O6. The van der Waals surface area contributed by atoms with Crippen LogP contribution in [-0.2, 0) is 14.3 Å². The second-order valence-corrected chi connectivity index (χ2v) is 6.56. The Labute approximate surface area is 129 Å². The van der Waals surface area contributed by atoms with Crippen LogP contribution in [0.15, 0.2) is 0 Å². The number of hydrogen-bond donors (Lipinski definition) is 0. The summed E-state index contributed by atoms with van der Waals surface area (Å²) in [5, 5.41) is 11.5. The lowest BCUT2D eigenvalue weighted by atomic mass is 9.85. The van der Waals surface area contributed by atoms with Gasteiger partial charge < -0.3 is 14.4 Å². The molecule has 8 heteroatoms.